The van der Waals surface area contributed by atoms with Crippen LogP contribution in [0.3, 0.4) is 0 Å². The van der Waals surface area contributed by atoms with Crippen molar-refractivity contribution in [1.82, 2.24) is 19.8 Å². The van der Waals surface area contributed by atoms with Gasteiger partial charge in [0.1, 0.15) is 38.8 Å². The number of benzene rings is 4. The standard InChI is InChI=1S/C29H37N3O4S.C15H14N2OS.C14H25NO4/c1-29(2,3)36-28(33)32-14-12-21(13-15-32)34-23-16-24(17-23)35-22-10-11-25-26(18-22)37-27(30-25)19-6-8-20(9-7-19)31(4)5;1-17(2)11-5-3-10(4-6-11)15-16-13-8-7-12(18)9-14(13)19-15;1-14(2,3)19-13(17)15-6-4-11(5-7-15)18-12-8-10(16)9-12/h6-11,18,21,23-24H,12-17H2,1-5H3;3-9,18H,1-2H3;10-12,16H,4-9H2,1-3H3. The number of phenols is 1. The first kappa shape index (κ1) is 55.5. The molecule has 15 nitrogen and oxygen atoms in total. The molecule has 2 aliphatic carbocycles. The summed E-state index contributed by atoms with van der Waals surface area (Å²) in [6.07, 6.45) is 7.12. The highest BCUT2D eigenvalue weighted by Gasteiger charge is 2.36. The Kier molecular flexibility index (Phi) is 17.8. The molecule has 4 aliphatic rings. The molecule has 2 aliphatic heterocycles. The third kappa shape index (κ3) is 15.7. The lowest BCUT2D eigenvalue weighted by Gasteiger charge is -2.40. The molecule has 0 bridgehead atoms. The maximum Gasteiger partial charge on any atom is 0.410 e. The highest BCUT2D eigenvalue weighted by Crippen LogP contribution is 2.37. The molecule has 2 saturated heterocycles. The first-order valence-electron chi connectivity index (χ1n) is 26.3. The van der Waals surface area contributed by atoms with E-state index in [1.54, 1.807) is 44.6 Å². The Morgan fingerprint density at radius 1 is 0.560 bits per heavy atom. The molecule has 0 spiro atoms. The van der Waals surface area contributed by atoms with Crippen LogP contribution < -0.4 is 14.5 Å². The molecule has 2 amide bonds. The zero-order chi connectivity index (χ0) is 53.6. The predicted molar refractivity (Wildman–Crippen MR) is 301 cm³/mol. The molecule has 75 heavy (non-hydrogen) atoms. The minimum Gasteiger partial charge on any atom is -0.508 e. The maximum absolute atomic E-state index is 12.3. The van der Waals surface area contributed by atoms with Crippen LogP contribution in [0.4, 0.5) is 21.0 Å². The van der Waals surface area contributed by atoms with Crippen molar-refractivity contribution in [2.24, 2.45) is 0 Å². The number of piperidine rings is 2. The van der Waals surface area contributed by atoms with E-state index in [0.717, 1.165) is 98.7 Å². The van der Waals surface area contributed by atoms with Crippen LogP contribution in [0.15, 0.2) is 84.9 Å². The number of aromatic hydroxyl groups is 1. The molecule has 4 fully saturated rings. The summed E-state index contributed by atoms with van der Waals surface area (Å²) in [5, 5.41) is 20.7. The fourth-order valence-electron chi connectivity index (χ4n) is 9.06. The van der Waals surface area contributed by atoms with Gasteiger partial charge in [-0.05, 0) is 165 Å². The number of aliphatic hydroxyl groups excluding tert-OH is 1. The van der Waals surface area contributed by atoms with E-state index in [2.05, 4.69) is 69.4 Å². The molecule has 0 unspecified atom stereocenters. The molecule has 0 atom stereocenters. The Morgan fingerprint density at radius 3 is 1.39 bits per heavy atom. The number of ether oxygens (including phenoxy) is 5. The Morgan fingerprint density at radius 2 is 0.973 bits per heavy atom. The SMILES string of the molecule is CC(C)(C)OC(=O)N1CCC(OC2CC(O)C2)CC1.CN(C)c1ccc(-c2nc3ccc(O)cc3s2)cc1.CN(C)c1ccc(-c2nc3ccc(OC4CC(OC5CCN(C(=O)OC(C)(C)C)CC5)C4)cc3s2)cc1. The van der Waals surface area contributed by atoms with Crippen LogP contribution in [0.1, 0.15) is 92.9 Å². The highest BCUT2D eigenvalue weighted by atomic mass is 32.1. The Labute approximate surface area is 450 Å². The van der Waals surface area contributed by atoms with Gasteiger partial charge < -0.3 is 53.5 Å². The number of aliphatic hydroxyl groups is 1. The van der Waals surface area contributed by atoms with Gasteiger partial charge in [-0.15, -0.1) is 22.7 Å². The molecular formula is C58H76N6O9S2. The van der Waals surface area contributed by atoms with Crippen molar-refractivity contribution < 1.29 is 43.5 Å². The van der Waals surface area contributed by atoms with Gasteiger partial charge in [0.15, 0.2) is 0 Å². The number of carbonyl (C=O) groups excluding carboxylic acids is 2. The summed E-state index contributed by atoms with van der Waals surface area (Å²) >= 11 is 3.29. The van der Waals surface area contributed by atoms with E-state index in [1.807, 2.05) is 87.9 Å². The summed E-state index contributed by atoms with van der Waals surface area (Å²) in [7, 11) is 8.13. The third-order valence-corrected chi connectivity index (χ3v) is 15.5. The average molecular weight is 1070 g/mol. The number of fused-ring (bicyclic) bond motifs is 2. The summed E-state index contributed by atoms with van der Waals surface area (Å²) < 4.78 is 31.4. The van der Waals surface area contributed by atoms with Gasteiger partial charge >= 0.3 is 12.2 Å². The van der Waals surface area contributed by atoms with E-state index in [1.165, 1.54) is 11.4 Å². The Hall–Kier alpha value is -5.72. The van der Waals surface area contributed by atoms with Gasteiger partial charge in [-0.3, -0.25) is 0 Å². The van der Waals surface area contributed by atoms with Gasteiger partial charge in [0.25, 0.3) is 0 Å². The molecule has 17 heteroatoms. The smallest absolute Gasteiger partial charge is 0.410 e. The van der Waals surface area contributed by atoms with E-state index >= 15 is 0 Å². The number of nitrogens with zero attached hydrogens (tertiary/aromatic N) is 6. The van der Waals surface area contributed by atoms with Gasteiger partial charge in [0, 0.05) is 89.7 Å². The molecule has 2 N–H and O–H groups in total. The van der Waals surface area contributed by atoms with Gasteiger partial charge in [-0.25, -0.2) is 19.6 Å². The van der Waals surface area contributed by atoms with Crippen molar-refractivity contribution in [3.05, 3.63) is 84.9 Å². The number of amides is 2. The van der Waals surface area contributed by atoms with Crippen LogP contribution in [0, 0.1) is 0 Å². The second-order valence-electron chi connectivity index (χ2n) is 22.4. The van der Waals surface area contributed by atoms with Gasteiger partial charge in [0.2, 0.25) is 0 Å². The molecule has 10 rings (SSSR count). The number of phenolic OH excluding ortho intramolecular Hbond substituents is 1. The lowest BCUT2D eigenvalue weighted by molar-refractivity contribution is -0.116. The van der Waals surface area contributed by atoms with Crippen molar-refractivity contribution >= 4 is 66.7 Å². The second kappa shape index (κ2) is 24.1. The lowest BCUT2D eigenvalue weighted by Crippen LogP contribution is -2.46. The van der Waals surface area contributed by atoms with Crippen LogP contribution in [0.2, 0.25) is 0 Å². The minimum atomic E-state index is -0.462. The number of thiazole rings is 2. The van der Waals surface area contributed by atoms with Gasteiger partial charge in [-0.2, -0.15) is 0 Å². The average Bonchev–Trinajstić information content (AvgIpc) is 3.97. The monoisotopic (exact) mass is 1060 g/mol. The van der Waals surface area contributed by atoms with Crippen molar-refractivity contribution in [2.75, 3.05) is 64.2 Å². The van der Waals surface area contributed by atoms with Crippen LogP contribution >= 0.6 is 22.7 Å². The van der Waals surface area contributed by atoms with Crippen molar-refractivity contribution in [1.29, 1.82) is 0 Å². The lowest BCUT2D eigenvalue weighted by atomic mass is 9.91. The summed E-state index contributed by atoms with van der Waals surface area (Å²) in [5.74, 6) is 1.17. The fourth-order valence-corrected chi connectivity index (χ4v) is 11.1. The number of likely N-dealkylation sites (tertiary alicyclic amines) is 2. The van der Waals surface area contributed by atoms with E-state index in [-0.39, 0.29) is 54.6 Å². The molecule has 404 valence electrons. The number of aromatic nitrogens is 2. The predicted octanol–water partition coefficient (Wildman–Crippen LogP) is 12.0. The highest BCUT2D eigenvalue weighted by molar-refractivity contribution is 7.22. The van der Waals surface area contributed by atoms with Crippen LogP contribution in [-0.2, 0) is 18.9 Å². The zero-order valence-corrected chi connectivity index (χ0v) is 46.9. The number of anilines is 2. The molecular weight excluding hydrogens is 989 g/mol. The molecule has 2 aromatic heterocycles. The largest absolute Gasteiger partial charge is 0.508 e. The first-order chi connectivity index (χ1) is 35.6. The Bertz CT molecular complexity index is 2810. The van der Waals surface area contributed by atoms with Crippen molar-refractivity contribution in [3.63, 3.8) is 0 Å². The fraction of sp³-hybridized carbons (Fsp3) is 0.517. The Balaban J connectivity index is 0.000000165. The molecule has 0 radical (unpaired) electrons. The molecule has 4 aromatic carbocycles. The number of hydrogen-bond acceptors (Lipinski definition) is 15. The quantitative estimate of drug-likeness (QED) is 0.134. The summed E-state index contributed by atoms with van der Waals surface area (Å²) in [5.41, 5.74) is 5.60. The van der Waals surface area contributed by atoms with E-state index in [0.29, 0.717) is 26.2 Å². The number of rotatable bonds is 10. The second-order valence-corrected chi connectivity index (χ2v) is 24.4. The van der Waals surface area contributed by atoms with Crippen LogP contribution in [-0.4, -0.2) is 144 Å². The summed E-state index contributed by atoms with van der Waals surface area (Å²) in [6.45, 7) is 14.1. The minimum absolute atomic E-state index is 0.174. The van der Waals surface area contributed by atoms with Crippen LogP contribution in [0.5, 0.6) is 11.5 Å². The molecule has 2 saturated carbocycles. The number of hydrogen-bond donors (Lipinski definition) is 2. The summed E-state index contributed by atoms with van der Waals surface area (Å²) in [4.78, 5) is 41.3. The van der Waals surface area contributed by atoms with E-state index in [4.69, 9.17) is 28.7 Å². The molecule has 6 aromatic rings. The van der Waals surface area contributed by atoms with E-state index in [9.17, 15) is 19.8 Å². The van der Waals surface area contributed by atoms with Crippen LogP contribution in [0.25, 0.3) is 41.6 Å². The first-order valence-corrected chi connectivity index (χ1v) is 27.9. The third-order valence-electron chi connectivity index (χ3n) is 13.4. The van der Waals surface area contributed by atoms with E-state index < -0.39 is 11.2 Å². The normalized spacial score (nSPS) is 20.2. The maximum atomic E-state index is 12.3. The van der Waals surface area contributed by atoms with Gasteiger partial charge in [-0.1, -0.05) is 0 Å². The van der Waals surface area contributed by atoms with Gasteiger partial charge in [0.05, 0.1) is 51.0 Å². The van der Waals surface area contributed by atoms with Crippen molar-refractivity contribution in [2.45, 2.75) is 141 Å². The van der Waals surface area contributed by atoms with Crippen molar-refractivity contribution in [3.8, 4) is 32.6 Å². The molecule has 4 heterocycles. The zero-order valence-electron chi connectivity index (χ0n) is 45.3. The summed E-state index contributed by atoms with van der Waals surface area (Å²) in [6, 6.07) is 28.2. The number of carbonyl (C=O) groups is 2. The topological polar surface area (TPSA) is 159 Å².